The molecule has 0 bridgehead atoms. The van der Waals surface area contributed by atoms with Crippen molar-refractivity contribution in [1.29, 1.82) is 0 Å². The lowest BCUT2D eigenvalue weighted by atomic mass is 10.0. The smallest absolute Gasteiger partial charge is 0.462 e. The van der Waals surface area contributed by atoms with Crippen molar-refractivity contribution < 1.29 is 22.8 Å². The molecule has 6 heteroatoms. The molecule has 0 aromatic rings. The first-order valence-corrected chi connectivity index (χ1v) is 9.88. The van der Waals surface area contributed by atoms with Gasteiger partial charge in [0, 0.05) is 24.8 Å². The molecule has 0 aromatic carbocycles. The summed E-state index contributed by atoms with van der Waals surface area (Å²) in [6, 6.07) is 0. The molecule has 0 aliphatic heterocycles. The summed E-state index contributed by atoms with van der Waals surface area (Å²) in [6.45, 7) is 15.8. The van der Waals surface area contributed by atoms with E-state index >= 15 is 0 Å². The van der Waals surface area contributed by atoms with Crippen LogP contribution in [0.2, 0.25) is 5.04 Å². The van der Waals surface area contributed by atoms with Crippen molar-refractivity contribution in [3.8, 4) is 0 Å². The van der Waals surface area contributed by atoms with Gasteiger partial charge in [-0.05, 0) is 40.0 Å². The van der Waals surface area contributed by atoms with Crippen molar-refractivity contribution in [2.75, 3.05) is 20.8 Å². The van der Waals surface area contributed by atoms with Gasteiger partial charge in [-0.15, -0.1) is 0 Å². The zero-order valence-corrected chi connectivity index (χ0v) is 17.1. The van der Waals surface area contributed by atoms with E-state index in [-0.39, 0.29) is 23.2 Å². The molecule has 0 aliphatic rings. The van der Waals surface area contributed by atoms with Crippen LogP contribution in [0.3, 0.4) is 0 Å². The van der Waals surface area contributed by atoms with Crippen LogP contribution in [-0.4, -0.2) is 41.2 Å². The van der Waals surface area contributed by atoms with Gasteiger partial charge in [0.1, 0.15) is 0 Å². The van der Waals surface area contributed by atoms with Crippen LogP contribution in [0.4, 0.5) is 0 Å². The monoisotopic (exact) mass is 346 g/mol. The Morgan fingerprint density at radius 2 is 1.61 bits per heavy atom. The van der Waals surface area contributed by atoms with Crippen LogP contribution in [0.25, 0.3) is 0 Å². The molecular weight excluding hydrogens is 312 g/mol. The van der Waals surface area contributed by atoms with Crippen LogP contribution in [0.15, 0.2) is 12.2 Å². The maximum absolute atomic E-state index is 11.6. The van der Waals surface area contributed by atoms with E-state index < -0.39 is 8.80 Å². The maximum atomic E-state index is 11.6. The minimum atomic E-state index is -2.97. The summed E-state index contributed by atoms with van der Waals surface area (Å²) in [7, 11) is 0.302. The second-order valence-electron chi connectivity index (χ2n) is 6.76. The van der Waals surface area contributed by atoms with E-state index in [0.29, 0.717) is 12.0 Å². The highest BCUT2D eigenvalue weighted by molar-refractivity contribution is 6.64. The Hall–Kier alpha value is -0.693. The normalized spacial score (nSPS) is 15.1. The van der Waals surface area contributed by atoms with Gasteiger partial charge in [0.2, 0.25) is 0 Å². The molecule has 0 saturated carbocycles. The molecule has 0 saturated heterocycles. The molecular formula is C17H34O5Si. The van der Waals surface area contributed by atoms with Gasteiger partial charge in [0.05, 0.1) is 12.2 Å². The van der Waals surface area contributed by atoms with Gasteiger partial charge in [0.15, 0.2) is 0 Å². The molecule has 0 amide bonds. The third-order valence-corrected chi connectivity index (χ3v) is 8.53. The number of hydrogen-bond donors (Lipinski definition) is 0. The first kappa shape index (κ1) is 22.3. The predicted octanol–water partition coefficient (Wildman–Crippen LogP) is 4.10. The lowest BCUT2D eigenvalue weighted by Gasteiger charge is -2.45. The zero-order valence-electron chi connectivity index (χ0n) is 16.1. The van der Waals surface area contributed by atoms with Crippen molar-refractivity contribution in [3.63, 3.8) is 0 Å². The molecule has 0 unspecified atom stereocenters. The van der Waals surface area contributed by atoms with Crippen molar-refractivity contribution in [3.05, 3.63) is 12.2 Å². The molecule has 0 rings (SSSR count). The quantitative estimate of drug-likeness (QED) is 0.320. The molecule has 0 aromatic heterocycles. The Balaban J connectivity index is 5.27. The fourth-order valence-electron chi connectivity index (χ4n) is 2.26. The third kappa shape index (κ3) is 5.71. The Kier molecular flexibility index (Phi) is 8.69. The van der Waals surface area contributed by atoms with Crippen LogP contribution in [-0.2, 0) is 22.8 Å². The van der Waals surface area contributed by atoms with Gasteiger partial charge in [-0.2, -0.15) is 0 Å². The highest BCUT2D eigenvalue weighted by Crippen LogP contribution is 2.47. The molecule has 0 fully saturated rings. The van der Waals surface area contributed by atoms with Crippen LogP contribution in [0.1, 0.15) is 60.8 Å². The fraction of sp³-hybridized carbons (Fsp3) is 0.824. The minimum absolute atomic E-state index is 0.285. The van der Waals surface area contributed by atoms with Crippen LogP contribution in [0.5, 0.6) is 0 Å². The van der Waals surface area contributed by atoms with Crippen LogP contribution >= 0.6 is 0 Å². The SMILES string of the molecule is C=C(C)C(=O)OCC[C@@](C)(CC)[Si](OC)(OC)OC(C)(C)CC. The van der Waals surface area contributed by atoms with Crippen molar-refractivity contribution in [2.24, 2.45) is 0 Å². The molecule has 0 N–H and O–H groups in total. The van der Waals surface area contributed by atoms with Crippen molar-refractivity contribution in [1.82, 2.24) is 0 Å². The fourth-order valence-corrected chi connectivity index (χ4v) is 5.54. The predicted molar refractivity (Wildman–Crippen MR) is 94.3 cm³/mol. The summed E-state index contributed by atoms with van der Waals surface area (Å²) in [6.07, 6.45) is 2.25. The van der Waals surface area contributed by atoms with Gasteiger partial charge in [-0.1, -0.05) is 27.4 Å². The number of esters is 1. The summed E-state index contributed by atoms with van der Waals surface area (Å²) in [5, 5.41) is -0.349. The zero-order chi connectivity index (χ0) is 18.3. The Morgan fingerprint density at radius 1 is 1.09 bits per heavy atom. The van der Waals surface area contributed by atoms with Crippen molar-refractivity contribution >= 4 is 14.8 Å². The van der Waals surface area contributed by atoms with Gasteiger partial charge in [-0.25, -0.2) is 4.79 Å². The maximum Gasteiger partial charge on any atom is 0.507 e. The van der Waals surface area contributed by atoms with Gasteiger partial charge in [0.25, 0.3) is 0 Å². The number of ether oxygens (including phenoxy) is 1. The number of carbonyl (C=O) groups excluding carboxylic acids is 1. The number of rotatable bonds is 11. The molecule has 0 radical (unpaired) electrons. The molecule has 0 spiro atoms. The van der Waals surface area contributed by atoms with Gasteiger partial charge in [-0.3, -0.25) is 0 Å². The highest BCUT2D eigenvalue weighted by atomic mass is 28.4. The van der Waals surface area contributed by atoms with E-state index in [9.17, 15) is 4.79 Å². The van der Waals surface area contributed by atoms with E-state index in [4.69, 9.17) is 18.0 Å². The molecule has 23 heavy (non-hydrogen) atoms. The van der Waals surface area contributed by atoms with Crippen LogP contribution < -0.4 is 0 Å². The third-order valence-electron chi connectivity index (χ3n) is 4.55. The summed E-state index contributed by atoms with van der Waals surface area (Å²) in [5.41, 5.74) is 0.0526. The van der Waals surface area contributed by atoms with E-state index in [2.05, 4.69) is 27.4 Å². The molecule has 1 atom stereocenters. The van der Waals surface area contributed by atoms with E-state index in [1.54, 1.807) is 21.1 Å². The summed E-state index contributed by atoms with van der Waals surface area (Å²) in [4.78, 5) is 11.6. The Bertz CT molecular complexity index is 404. The van der Waals surface area contributed by atoms with E-state index in [1.807, 2.05) is 13.8 Å². The highest BCUT2D eigenvalue weighted by Gasteiger charge is 2.58. The summed E-state index contributed by atoms with van der Waals surface area (Å²) >= 11 is 0. The standard InChI is InChI=1S/C17H34O5Si/c1-10-16(5,6)22-23(19-8,20-9)17(7,11-2)12-13-21-15(18)14(3)4/h3,10-13H2,1-2,4-9H3/t17-/m1/s1. The Labute approximate surface area is 142 Å². The molecule has 5 nitrogen and oxygen atoms in total. The van der Waals surface area contributed by atoms with Gasteiger partial charge >= 0.3 is 14.8 Å². The van der Waals surface area contributed by atoms with Gasteiger partial charge < -0.3 is 18.0 Å². The average Bonchev–Trinajstić information content (AvgIpc) is 2.52. The molecule has 136 valence electrons. The summed E-state index contributed by atoms with van der Waals surface area (Å²) < 4.78 is 23.3. The second-order valence-corrected chi connectivity index (χ2v) is 10.1. The minimum Gasteiger partial charge on any atom is -0.462 e. The largest absolute Gasteiger partial charge is 0.507 e. The van der Waals surface area contributed by atoms with Crippen LogP contribution in [0, 0.1) is 0 Å². The first-order valence-electron chi connectivity index (χ1n) is 8.16. The van der Waals surface area contributed by atoms with Crippen molar-refractivity contribution in [2.45, 2.75) is 71.4 Å². The Morgan fingerprint density at radius 3 is 1.96 bits per heavy atom. The van der Waals surface area contributed by atoms with E-state index in [1.165, 1.54) is 0 Å². The summed E-state index contributed by atoms with van der Waals surface area (Å²) in [5.74, 6) is -0.375. The second kappa shape index (κ2) is 8.96. The molecule has 0 heterocycles. The first-order chi connectivity index (χ1) is 10.5. The average molecular weight is 347 g/mol. The number of hydrogen-bond acceptors (Lipinski definition) is 5. The lowest BCUT2D eigenvalue weighted by Crippen LogP contribution is -2.58. The topological polar surface area (TPSA) is 54.0 Å². The molecule has 0 aliphatic carbocycles. The lowest BCUT2D eigenvalue weighted by molar-refractivity contribution is -0.139. The van der Waals surface area contributed by atoms with E-state index in [0.717, 1.165) is 12.8 Å². The number of carbonyl (C=O) groups is 1.